The van der Waals surface area contributed by atoms with Crippen LogP contribution in [0.15, 0.2) is 61.2 Å². The number of hydrogen-bond acceptors (Lipinski definition) is 3. The van der Waals surface area contributed by atoms with Crippen molar-refractivity contribution in [1.82, 2.24) is 5.32 Å². The van der Waals surface area contributed by atoms with E-state index in [0.717, 1.165) is 0 Å². The molecule has 0 aliphatic heterocycles. The first kappa shape index (κ1) is 17.9. The number of carbonyl (C=O) groups excluding carboxylic acids is 3. The third kappa shape index (κ3) is 5.31. The summed E-state index contributed by atoms with van der Waals surface area (Å²) >= 11 is 0. The van der Waals surface area contributed by atoms with Gasteiger partial charge in [0.25, 0.3) is 11.8 Å². The number of hydrogen-bond donors (Lipinski definition) is 3. The lowest BCUT2D eigenvalue weighted by atomic mass is 10.1. The van der Waals surface area contributed by atoms with Crippen LogP contribution in [0.25, 0.3) is 0 Å². The standard InChI is InChI=1S/C19H19N3O3/c1-3-12-20-18(24)14-4-6-15(7-5-14)19(25)22-17-10-8-16(9-11-17)21-13(2)23/h3-11H,1,12H2,2H3,(H,20,24)(H,21,23)(H,22,25). The van der Waals surface area contributed by atoms with Crippen molar-refractivity contribution in [3.8, 4) is 0 Å². The summed E-state index contributed by atoms with van der Waals surface area (Å²) in [7, 11) is 0. The molecule has 6 nitrogen and oxygen atoms in total. The van der Waals surface area contributed by atoms with Crippen LogP contribution in [0, 0.1) is 0 Å². The summed E-state index contributed by atoms with van der Waals surface area (Å²) in [4.78, 5) is 35.0. The summed E-state index contributed by atoms with van der Waals surface area (Å²) in [6.07, 6.45) is 1.59. The monoisotopic (exact) mass is 337 g/mol. The van der Waals surface area contributed by atoms with Gasteiger partial charge in [-0.25, -0.2) is 0 Å². The van der Waals surface area contributed by atoms with E-state index in [4.69, 9.17) is 0 Å². The summed E-state index contributed by atoms with van der Waals surface area (Å²) in [5, 5.41) is 8.08. The average Bonchev–Trinajstić information content (AvgIpc) is 2.61. The van der Waals surface area contributed by atoms with Crippen LogP contribution in [0.5, 0.6) is 0 Å². The Kier molecular flexibility index (Phi) is 6.06. The summed E-state index contributed by atoms with van der Waals surface area (Å²) in [5.41, 5.74) is 2.16. The smallest absolute Gasteiger partial charge is 0.255 e. The maximum Gasteiger partial charge on any atom is 0.255 e. The molecule has 6 heteroatoms. The van der Waals surface area contributed by atoms with Crippen molar-refractivity contribution in [3.63, 3.8) is 0 Å². The number of nitrogens with one attached hydrogen (secondary N) is 3. The molecule has 0 unspecified atom stereocenters. The van der Waals surface area contributed by atoms with Crippen LogP contribution in [-0.4, -0.2) is 24.3 Å². The van der Waals surface area contributed by atoms with Crippen molar-refractivity contribution in [2.75, 3.05) is 17.2 Å². The molecule has 0 heterocycles. The van der Waals surface area contributed by atoms with Gasteiger partial charge in [-0.2, -0.15) is 0 Å². The van der Waals surface area contributed by atoms with Crippen LogP contribution in [0.3, 0.4) is 0 Å². The van der Waals surface area contributed by atoms with Gasteiger partial charge >= 0.3 is 0 Å². The molecule has 0 saturated heterocycles. The summed E-state index contributed by atoms with van der Waals surface area (Å²) < 4.78 is 0. The largest absolute Gasteiger partial charge is 0.349 e. The highest BCUT2D eigenvalue weighted by atomic mass is 16.2. The molecule has 0 fully saturated rings. The molecule has 0 aromatic heterocycles. The highest BCUT2D eigenvalue weighted by Crippen LogP contribution is 2.15. The minimum absolute atomic E-state index is 0.158. The van der Waals surface area contributed by atoms with E-state index in [1.165, 1.54) is 6.92 Å². The fourth-order valence-electron chi connectivity index (χ4n) is 2.08. The van der Waals surface area contributed by atoms with E-state index in [9.17, 15) is 14.4 Å². The maximum absolute atomic E-state index is 12.2. The zero-order valence-corrected chi connectivity index (χ0v) is 13.8. The van der Waals surface area contributed by atoms with E-state index >= 15 is 0 Å². The van der Waals surface area contributed by atoms with E-state index in [1.807, 2.05) is 0 Å². The Morgan fingerprint density at radius 1 is 0.840 bits per heavy atom. The van der Waals surface area contributed by atoms with Crippen molar-refractivity contribution in [2.24, 2.45) is 0 Å². The molecule has 0 spiro atoms. The molecule has 0 saturated carbocycles. The van der Waals surface area contributed by atoms with Crippen molar-refractivity contribution in [3.05, 3.63) is 72.3 Å². The van der Waals surface area contributed by atoms with E-state index in [-0.39, 0.29) is 17.7 Å². The van der Waals surface area contributed by atoms with E-state index in [0.29, 0.717) is 29.0 Å². The van der Waals surface area contributed by atoms with Gasteiger partial charge in [0, 0.05) is 36.0 Å². The summed E-state index contributed by atoms with van der Waals surface area (Å²) in [6, 6.07) is 13.1. The normalized spacial score (nSPS) is 9.80. The Bertz CT molecular complexity index is 781. The Labute approximate surface area is 145 Å². The van der Waals surface area contributed by atoms with Gasteiger partial charge in [-0.3, -0.25) is 14.4 Å². The van der Waals surface area contributed by atoms with Crippen molar-refractivity contribution >= 4 is 29.1 Å². The van der Waals surface area contributed by atoms with Gasteiger partial charge in [-0.05, 0) is 48.5 Å². The molecule has 2 rings (SSSR count). The fraction of sp³-hybridized carbons (Fsp3) is 0.105. The van der Waals surface area contributed by atoms with Gasteiger partial charge < -0.3 is 16.0 Å². The zero-order valence-electron chi connectivity index (χ0n) is 13.8. The topological polar surface area (TPSA) is 87.3 Å². The molecule has 2 aromatic carbocycles. The highest BCUT2D eigenvalue weighted by molar-refractivity contribution is 6.05. The second-order valence-electron chi connectivity index (χ2n) is 5.29. The Morgan fingerprint density at radius 2 is 1.32 bits per heavy atom. The van der Waals surface area contributed by atoms with Crippen LogP contribution in [0.1, 0.15) is 27.6 Å². The lowest BCUT2D eigenvalue weighted by molar-refractivity contribution is -0.114. The first-order valence-corrected chi connectivity index (χ1v) is 7.68. The van der Waals surface area contributed by atoms with E-state index in [1.54, 1.807) is 54.6 Å². The van der Waals surface area contributed by atoms with Crippen LogP contribution >= 0.6 is 0 Å². The predicted octanol–water partition coefficient (Wildman–Crippen LogP) is 2.81. The van der Waals surface area contributed by atoms with Gasteiger partial charge in [-0.15, -0.1) is 6.58 Å². The summed E-state index contributed by atoms with van der Waals surface area (Å²) in [6.45, 7) is 5.35. The van der Waals surface area contributed by atoms with Crippen molar-refractivity contribution < 1.29 is 14.4 Å². The number of amides is 3. The lowest BCUT2D eigenvalue weighted by Crippen LogP contribution is -2.23. The highest BCUT2D eigenvalue weighted by Gasteiger charge is 2.09. The molecular formula is C19H19N3O3. The molecule has 3 N–H and O–H groups in total. The maximum atomic E-state index is 12.2. The minimum Gasteiger partial charge on any atom is -0.349 e. The fourth-order valence-corrected chi connectivity index (χ4v) is 2.08. The van der Waals surface area contributed by atoms with Crippen LogP contribution < -0.4 is 16.0 Å². The summed E-state index contributed by atoms with van der Waals surface area (Å²) in [5.74, 6) is -0.667. The molecule has 0 aliphatic carbocycles. The van der Waals surface area contributed by atoms with Gasteiger partial charge in [-0.1, -0.05) is 6.08 Å². The first-order valence-electron chi connectivity index (χ1n) is 7.68. The van der Waals surface area contributed by atoms with Crippen LogP contribution in [0.2, 0.25) is 0 Å². The number of rotatable bonds is 6. The van der Waals surface area contributed by atoms with Crippen molar-refractivity contribution in [2.45, 2.75) is 6.92 Å². The van der Waals surface area contributed by atoms with Gasteiger partial charge in [0.05, 0.1) is 0 Å². The number of benzene rings is 2. The molecule has 25 heavy (non-hydrogen) atoms. The van der Waals surface area contributed by atoms with E-state index < -0.39 is 0 Å². The first-order chi connectivity index (χ1) is 12.0. The third-order valence-electron chi connectivity index (χ3n) is 3.28. The third-order valence-corrected chi connectivity index (χ3v) is 3.28. The second-order valence-corrected chi connectivity index (χ2v) is 5.29. The molecule has 128 valence electrons. The molecular weight excluding hydrogens is 318 g/mol. The molecule has 0 aliphatic rings. The van der Waals surface area contributed by atoms with Gasteiger partial charge in [0.15, 0.2) is 0 Å². The molecule has 0 bridgehead atoms. The average molecular weight is 337 g/mol. The molecule has 2 aromatic rings. The van der Waals surface area contributed by atoms with Gasteiger partial charge in [0.2, 0.25) is 5.91 Å². The van der Waals surface area contributed by atoms with Crippen molar-refractivity contribution in [1.29, 1.82) is 0 Å². The van der Waals surface area contributed by atoms with Gasteiger partial charge in [0.1, 0.15) is 0 Å². The number of carbonyl (C=O) groups is 3. The molecule has 0 atom stereocenters. The van der Waals surface area contributed by atoms with E-state index in [2.05, 4.69) is 22.5 Å². The minimum atomic E-state index is -0.287. The second kappa shape index (κ2) is 8.44. The quantitative estimate of drug-likeness (QED) is 0.708. The lowest BCUT2D eigenvalue weighted by Gasteiger charge is -2.08. The zero-order chi connectivity index (χ0) is 18.2. The predicted molar refractivity (Wildman–Crippen MR) is 97.7 cm³/mol. The Hall–Kier alpha value is -3.41. The Morgan fingerprint density at radius 3 is 1.80 bits per heavy atom. The number of anilines is 2. The molecule has 3 amide bonds. The SMILES string of the molecule is C=CCNC(=O)c1ccc(C(=O)Nc2ccc(NC(C)=O)cc2)cc1. The van der Waals surface area contributed by atoms with Crippen LogP contribution in [-0.2, 0) is 4.79 Å². The van der Waals surface area contributed by atoms with Crippen LogP contribution in [0.4, 0.5) is 11.4 Å². The molecule has 0 radical (unpaired) electrons. The Balaban J connectivity index is 1.99.